The van der Waals surface area contributed by atoms with E-state index in [-0.39, 0.29) is 5.91 Å². The molecule has 0 aliphatic carbocycles. The molecule has 5 heterocycles. The van der Waals surface area contributed by atoms with Gasteiger partial charge in [0.15, 0.2) is 0 Å². The van der Waals surface area contributed by atoms with Crippen LogP contribution in [-0.4, -0.2) is 50.5 Å². The van der Waals surface area contributed by atoms with Gasteiger partial charge in [-0.2, -0.15) is 5.10 Å². The third-order valence-electron chi connectivity index (χ3n) is 7.94. The van der Waals surface area contributed by atoms with Gasteiger partial charge in [-0.15, -0.1) is 0 Å². The SMILES string of the molecule is O=C(c1ccccc1CN1CCCC1)N1C2CCC1CC(Cc1cccn3nccc13)C2. The van der Waals surface area contributed by atoms with E-state index in [0.717, 1.165) is 57.3 Å². The monoisotopic (exact) mass is 428 g/mol. The number of benzene rings is 1. The van der Waals surface area contributed by atoms with Crippen LogP contribution in [0.1, 0.15) is 60.0 Å². The van der Waals surface area contributed by atoms with Gasteiger partial charge in [0.1, 0.15) is 0 Å². The molecule has 5 nitrogen and oxygen atoms in total. The zero-order valence-electron chi connectivity index (χ0n) is 18.7. The number of hydrogen-bond donors (Lipinski definition) is 0. The summed E-state index contributed by atoms with van der Waals surface area (Å²) >= 11 is 0. The molecule has 2 aromatic heterocycles. The lowest BCUT2D eigenvalue weighted by Crippen LogP contribution is -2.47. The Balaban J connectivity index is 1.19. The molecule has 0 N–H and O–H groups in total. The van der Waals surface area contributed by atoms with E-state index in [1.165, 1.54) is 29.5 Å². The van der Waals surface area contributed by atoms with Gasteiger partial charge in [0.25, 0.3) is 5.91 Å². The van der Waals surface area contributed by atoms with Gasteiger partial charge in [-0.05, 0) is 93.3 Å². The quantitative estimate of drug-likeness (QED) is 0.598. The number of likely N-dealkylation sites (tertiary alicyclic amines) is 1. The first-order valence-electron chi connectivity index (χ1n) is 12.3. The Kier molecular flexibility index (Phi) is 5.22. The predicted octanol–water partition coefficient (Wildman–Crippen LogP) is 4.56. The van der Waals surface area contributed by atoms with Crippen LogP contribution in [0.3, 0.4) is 0 Å². The first-order valence-corrected chi connectivity index (χ1v) is 12.3. The molecular weight excluding hydrogens is 396 g/mol. The molecule has 3 fully saturated rings. The highest BCUT2D eigenvalue weighted by Crippen LogP contribution is 2.41. The van der Waals surface area contributed by atoms with E-state index in [1.54, 1.807) is 0 Å². The molecule has 5 heteroatoms. The van der Waals surface area contributed by atoms with Crippen molar-refractivity contribution in [1.82, 2.24) is 19.4 Å². The molecule has 2 unspecified atom stereocenters. The zero-order valence-corrected chi connectivity index (χ0v) is 18.7. The van der Waals surface area contributed by atoms with E-state index < -0.39 is 0 Å². The molecule has 6 rings (SSSR count). The third-order valence-corrected chi connectivity index (χ3v) is 7.94. The van der Waals surface area contributed by atoms with Crippen LogP contribution in [0.25, 0.3) is 5.52 Å². The lowest BCUT2D eigenvalue weighted by atomic mass is 9.85. The maximum atomic E-state index is 13.8. The Morgan fingerprint density at radius 1 is 0.938 bits per heavy atom. The molecule has 32 heavy (non-hydrogen) atoms. The van der Waals surface area contributed by atoms with Gasteiger partial charge in [-0.25, -0.2) is 4.52 Å². The van der Waals surface area contributed by atoms with E-state index >= 15 is 0 Å². The first kappa shape index (κ1) is 20.0. The van der Waals surface area contributed by atoms with Crippen molar-refractivity contribution in [1.29, 1.82) is 0 Å². The smallest absolute Gasteiger partial charge is 0.254 e. The molecule has 1 amide bonds. The van der Waals surface area contributed by atoms with Gasteiger partial charge >= 0.3 is 0 Å². The largest absolute Gasteiger partial charge is 0.333 e. The van der Waals surface area contributed by atoms with Crippen LogP contribution >= 0.6 is 0 Å². The van der Waals surface area contributed by atoms with Gasteiger partial charge in [0.05, 0.1) is 5.52 Å². The predicted molar refractivity (Wildman–Crippen MR) is 126 cm³/mol. The number of carbonyl (C=O) groups is 1. The minimum Gasteiger partial charge on any atom is -0.333 e. The number of nitrogens with zero attached hydrogens (tertiary/aromatic N) is 4. The van der Waals surface area contributed by atoms with E-state index in [4.69, 9.17) is 0 Å². The second-order valence-corrected chi connectivity index (χ2v) is 9.97. The number of aromatic nitrogens is 2. The van der Waals surface area contributed by atoms with E-state index in [1.807, 2.05) is 23.0 Å². The van der Waals surface area contributed by atoms with Crippen molar-refractivity contribution in [2.75, 3.05) is 13.1 Å². The Labute approximate surface area is 190 Å². The van der Waals surface area contributed by atoms with E-state index in [9.17, 15) is 4.79 Å². The highest BCUT2D eigenvalue weighted by Gasteiger charge is 2.43. The highest BCUT2D eigenvalue weighted by molar-refractivity contribution is 5.96. The van der Waals surface area contributed by atoms with Gasteiger partial charge in [0, 0.05) is 36.6 Å². The van der Waals surface area contributed by atoms with E-state index in [2.05, 4.69) is 51.3 Å². The molecule has 166 valence electrons. The molecule has 0 radical (unpaired) electrons. The second kappa shape index (κ2) is 8.36. The van der Waals surface area contributed by atoms with Crippen molar-refractivity contribution in [2.45, 2.75) is 63.6 Å². The van der Waals surface area contributed by atoms with Crippen molar-refractivity contribution in [2.24, 2.45) is 5.92 Å². The lowest BCUT2D eigenvalue weighted by molar-refractivity contribution is 0.0522. The third kappa shape index (κ3) is 3.62. The molecule has 3 aliphatic rings. The fraction of sp³-hybridized carbons (Fsp3) is 0.481. The normalized spacial score (nSPS) is 25.6. The molecule has 0 spiro atoms. The van der Waals surface area contributed by atoms with Crippen LogP contribution < -0.4 is 0 Å². The number of carbonyl (C=O) groups excluding carboxylic acids is 1. The molecule has 2 atom stereocenters. The minimum absolute atomic E-state index is 0.267. The van der Waals surface area contributed by atoms with Crippen molar-refractivity contribution < 1.29 is 4.79 Å². The molecule has 3 aliphatic heterocycles. The number of amides is 1. The van der Waals surface area contributed by atoms with Gasteiger partial charge in [0.2, 0.25) is 0 Å². The summed E-state index contributed by atoms with van der Waals surface area (Å²) in [5, 5.41) is 4.39. The lowest BCUT2D eigenvalue weighted by Gasteiger charge is -2.39. The van der Waals surface area contributed by atoms with Gasteiger partial charge in [-0.1, -0.05) is 24.3 Å². The average molecular weight is 429 g/mol. The summed E-state index contributed by atoms with van der Waals surface area (Å²) in [5.41, 5.74) is 4.73. The fourth-order valence-corrected chi connectivity index (χ4v) is 6.47. The standard InChI is InChI=1S/C27H32N4O/c32-27(25-8-2-1-6-22(25)19-29-13-3-4-14-29)31-23-9-10-24(31)18-20(17-23)16-21-7-5-15-30-26(21)11-12-28-30/h1-2,5-8,11-12,15,20,23-24H,3-4,9-10,13-14,16-19H2. The van der Waals surface area contributed by atoms with Crippen LogP contribution in [0, 0.1) is 5.92 Å². The summed E-state index contributed by atoms with van der Waals surface area (Å²) in [6, 6.07) is 15.5. The van der Waals surface area contributed by atoms with Gasteiger partial charge < -0.3 is 4.90 Å². The number of piperidine rings is 1. The second-order valence-electron chi connectivity index (χ2n) is 9.97. The zero-order chi connectivity index (χ0) is 21.5. The van der Waals surface area contributed by atoms with Gasteiger partial charge in [-0.3, -0.25) is 9.69 Å². The molecular formula is C27H32N4O. The molecule has 2 bridgehead atoms. The Morgan fingerprint density at radius 2 is 1.69 bits per heavy atom. The molecule has 3 saturated heterocycles. The number of pyridine rings is 1. The van der Waals surface area contributed by atoms with Crippen molar-refractivity contribution in [3.05, 3.63) is 71.5 Å². The summed E-state index contributed by atoms with van der Waals surface area (Å²) in [5.74, 6) is 0.904. The van der Waals surface area contributed by atoms with Crippen LogP contribution in [-0.2, 0) is 13.0 Å². The summed E-state index contributed by atoms with van der Waals surface area (Å²) in [6.45, 7) is 3.22. The summed E-state index contributed by atoms with van der Waals surface area (Å²) in [6.07, 6.45) is 12.1. The molecule has 0 saturated carbocycles. The van der Waals surface area contributed by atoms with Crippen molar-refractivity contribution >= 4 is 11.4 Å². The summed E-state index contributed by atoms with van der Waals surface area (Å²) < 4.78 is 1.97. The average Bonchev–Trinajstić information content (AvgIpc) is 3.54. The Bertz CT molecular complexity index is 1100. The number of fused-ring (bicyclic) bond motifs is 3. The minimum atomic E-state index is 0.267. The Morgan fingerprint density at radius 3 is 2.50 bits per heavy atom. The maximum absolute atomic E-state index is 13.8. The summed E-state index contributed by atoms with van der Waals surface area (Å²) in [4.78, 5) is 18.5. The van der Waals surface area contributed by atoms with E-state index in [0.29, 0.717) is 18.0 Å². The van der Waals surface area contributed by atoms with Crippen molar-refractivity contribution in [3.8, 4) is 0 Å². The molecule has 1 aromatic carbocycles. The number of rotatable bonds is 5. The maximum Gasteiger partial charge on any atom is 0.254 e. The topological polar surface area (TPSA) is 40.9 Å². The highest BCUT2D eigenvalue weighted by atomic mass is 16.2. The Hall–Kier alpha value is -2.66. The fourth-order valence-electron chi connectivity index (χ4n) is 6.47. The van der Waals surface area contributed by atoms with Crippen LogP contribution in [0.4, 0.5) is 0 Å². The number of hydrogen-bond acceptors (Lipinski definition) is 3. The first-order chi connectivity index (χ1) is 15.8. The summed E-state index contributed by atoms with van der Waals surface area (Å²) in [7, 11) is 0. The van der Waals surface area contributed by atoms with Crippen LogP contribution in [0.15, 0.2) is 54.9 Å². The van der Waals surface area contributed by atoms with Crippen molar-refractivity contribution in [3.63, 3.8) is 0 Å². The molecule has 3 aromatic rings. The van der Waals surface area contributed by atoms with Crippen LogP contribution in [0.2, 0.25) is 0 Å². The van der Waals surface area contributed by atoms with Crippen LogP contribution in [0.5, 0.6) is 0 Å².